The Morgan fingerprint density at radius 2 is 1.94 bits per heavy atom. The van der Waals surface area contributed by atoms with E-state index in [1.54, 1.807) is 10.6 Å². The van der Waals surface area contributed by atoms with Gasteiger partial charge in [0.05, 0.1) is 16.7 Å². The number of hydrogen-bond donors (Lipinski definition) is 2. The van der Waals surface area contributed by atoms with Crippen LogP contribution < -0.4 is 16.2 Å². The number of rotatable bonds is 6. The third kappa shape index (κ3) is 4.12. The normalized spacial score (nSPS) is 12.3. The Bertz CT molecular complexity index is 1410. The van der Waals surface area contributed by atoms with Crippen molar-refractivity contribution < 1.29 is 13.9 Å². The Labute approximate surface area is 204 Å². The largest absolute Gasteiger partial charge is 0.490 e. The highest BCUT2D eigenvalue weighted by molar-refractivity contribution is 6.33. The second-order valence-electron chi connectivity index (χ2n) is 7.94. The first-order chi connectivity index (χ1) is 16.1. The quantitative estimate of drug-likeness (QED) is 0.388. The predicted molar refractivity (Wildman–Crippen MR) is 129 cm³/mol. The molecule has 0 spiro atoms. The summed E-state index contributed by atoms with van der Waals surface area (Å²) in [5.74, 6) is -0.767. The maximum atomic E-state index is 15.4. The van der Waals surface area contributed by atoms with Crippen molar-refractivity contribution in [1.29, 1.82) is 0 Å². The number of carbonyl (C=O) groups excluding carboxylic acids is 1. The van der Waals surface area contributed by atoms with Gasteiger partial charge in [0.1, 0.15) is 22.8 Å². The van der Waals surface area contributed by atoms with Gasteiger partial charge in [0.2, 0.25) is 0 Å². The fourth-order valence-electron chi connectivity index (χ4n) is 3.75. The van der Waals surface area contributed by atoms with E-state index >= 15 is 4.39 Å². The number of benzene rings is 1. The molecule has 1 atom stereocenters. The third-order valence-electron chi connectivity index (χ3n) is 5.28. The molecule has 4 aromatic rings. The van der Waals surface area contributed by atoms with Gasteiger partial charge < -0.3 is 16.2 Å². The Morgan fingerprint density at radius 3 is 2.56 bits per heavy atom. The van der Waals surface area contributed by atoms with Crippen molar-refractivity contribution in [1.82, 2.24) is 19.4 Å². The molecule has 0 radical (unpaired) electrons. The number of nitrogens with zero attached hydrogens (tertiary/aromatic N) is 4. The summed E-state index contributed by atoms with van der Waals surface area (Å²) in [5, 5.41) is 0.0820. The van der Waals surface area contributed by atoms with Crippen LogP contribution in [0.25, 0.3) is 16.6 Å². The molecule has 8 nitrogen and oxygen atoms in total. The lowest BCUT2D eigenvalue weighted by molar-refractivity contribution is 0.0995. The number of nitrogens with two attached hydrogens (primary N) is 2. The molecule has 176 valence electrons. The highest BCUT2D eigenvalue weighted by Crippen LogP contribution is 2.44. The van der Waals surface area contributed by atoms with Gasteiger partial charge in [-0.1, -0.05) is 36.2 Å². The van der Waals surface area contributed by atoms with Crippen molar-refractivity contribution in [3.8, 4) is 16.9 Å². The van der Waals surface area contributed by atoms with Gasteiger partial charge in [0.15, 0.2) is 16.8 Å². The van der Waals surface area contributed by atoms with Crippen LogP contribution >= 0.6 is 23.2 Å². The highest BCUT2D eigenvalue weighted by atomic mass is 35.5. The monoisotopic (exact) mass is 502 g/mol. The summed E-state index contributed by atoms with van der Waals surface area (Å²) in [6.45, 7) is 5.53. The van der Waals surface area contributed by atoms with E-state index in [0.29, 0.717) is 22.5 Å². The number of aromatic nitrogens is 4. The number of primary amides is 1. The molecule has 4 N–H and O–H groups in total. The number of anilines is 1. The number of halogens is 3. The minimum Gasteiger partial charge on any atom is -0.490 e. The summed E-state index contributed by atoms with van der Waals surface area (Å²) >= 11 is 12.7. The Hall–Kier alpha value is -3.43. The lowest BCUT2D eigenvalue weighted by Gasteiger charge is -2.23. The van der Waals surface area contributed by atoms with E-state index in [4.69, 9.17) is 39.4 Å². The zero-order valence-electron chi connectivity index (χ0n) is 18.5. The number of fused-ring (bicyclic) bond motifs is 1. The van der Waals surface area contributed by atoms with Crippen LogP contribution in [0.15, 0.2) is 36.8 Å². The Kier molecular flexibility index (Phi) is 6.33. The van der Waals surface area contributed by atoms with E-state index in [1.807, 2.05) is 20.8 Å². The summed E-state index contributed by atoms with van der Waals surface area (Å²) < 4.78 is 23.3. The molecule has 1 aromatic carbocycles. The standard InChI is InChI=1S/C23H21Cl2FN6O2/c1-10(2)34-19-13(11(3)23-31-20(25)18-21(27)29-6-7-32(18)23)8-14(24)17(26)16(19)12-4-5-15(22(28)33)30-9-12/h4-11H,1-3H3,(H2,27,29)(H2,28,33). The second kappa shape index (κ2) is 9.08. The number of pyridine rings is 1. The van der Waals surface area contributed by atoms with Crippen molar-refractivity contribution >= 4 is 40.4 Å². The van der Waals surface area contributed by atoms with Crippen LogP contribution in [0.1, 0.15) is 48.6 Å². The molecule has 3 aromatic heterocycles. The fraction of sp³-hybridized carbons (Fsp3) is 0.217. The molecule has 1 amide bonds. The number of carbonyl (C=O) groups is 1. The molecule has 1 unspecified atom stereocenters. The molecule has 0 saturated heterocycles. The van der Waals surface area contributed by atoms with Crippen molar-refractivity contribution in [2.24, 2.45) is 5.73 Å². The molecule has 11 heteroatoms. The van der Waals surface area contributed by atoms with E-state index < -0.39 is 17.6 Å². The van der Waals surface area contributed by atoms with Gasteiger partial charge in [-0.05, 0) is 26.0 Å². The predicted octanol–water partition coefficient (Wildman–Crippen LogP) is 4.86. The lowest BCUT2D eigenvalue weighted by atomic mass is 9.93. The SMILES string of the molecule is CC(C)Oc1c(C(C)c2nc(Cl)c3c(N)nccn23)cc(Cl)c(F)c1-c1ccc(C(N)=O)nc1. The van der Waals surface area contributed by atoms with Gasteiger partial charge in [-0.15, -0.1) is 0 Å². The van der Waals surface area contributed by atoms with Crippen LogP contribution in [-0.2, 0) is 0 Å². The molecule has 34 heavy (non-hydrogen) atoms. The van der Waals surface area contributed by atoms with Gasteiger partial charge >= 0.3 is 0 Å². The molecule has 4 rings (SSSR count). The molecule has 0 fully saturated rings. The van der Waals surface area contributed by atoms with Gasteiger partial charge in [-0.2, -0.15) is 0 Å². The molecule has 0 saturated carbocycles. The molecule has 0 aliphatic carbocycles. The van der Waals surface area contributed by atoms with Crippen LogP contribution in [0.4, 0.5) is 10.2 Å². The van der Waals surface area contributed by atoms with Crippen LogP contribution in [0, 0.1) is 5.82 Å². The average molecular weight is 503 g/mol. The van der Waals surface area contributed by atoms with Gasteiger partial charge in [0, 0.05) is 35.6 Å². The number of ether oxygens (including phenoxy) is 1. The topological polar surface area (TPSA) is 121 Å². The number of nitrogen functional groups attached to an aromatic ring is 1. The number of hydrogen-bond acceptors (Lipinski definition) is 6. The van der Waals surface area contributed by atoms with Gasteiger partial charge in [-0.25, -0.2) is 14.4 Å². The molecular weight excluding hydrogens is 482 g/mol. The zero-order valence-corrected chi connectivity index (χ0v) is 20.0. The van der Waals surface area contributed by atoms with Gasteiger partial charge in [-0.3, -0.25) is 14.2 Å². The number of imidazole rings is 1. The lowest BCUT2D eigenvalue weighted by Crippen LogP contribution is -2.14. The van der Waals surface area contributed by atoms with E-state index in [1.165, 1.54) is 30.6 Å². The first-order valence-corrected chi connectivity index (χ1v) is 11.1. The van der Waals surface area contributed by atoms with E-state index in [2.05, 4.69) is 15.0 Å². The van der Waals surface area contributed by atoms with Crippen LogP contribution in [-0.4, -0.2) is 31.4 Å². The van der Waals surface area contributed by atoms with E-state index in [9.17, 15) is 4.79 Å². The summed E-state index contributed by atoms with van der Waals surface area (Å²) in [5.41, 5.74) is 12.9. The van der Waals surface area contributed by atoms with Crippen LogP contribution in [0.2, 0.25) is 10.2 Å². The highest BCUT2D eigenvalue weighted by Gasteiger charge is 2.28. The first-order valence-electron chi connectivity index (χ1n) is 10.3. The van der Waals surface area contributed by atoms with Crippen molar-refractivity contribution in [2.45, 2.75) is 32.8 Å². The van der Waals surface area contributed by atoms with Gasteiger partial charge in [0.25, 0.3) is 5.91 Å². The van der Waals surface area contributed by atoms with Crippen molar-refractivity contribution in [3.63, 3.8) is 0 Å². The van der Waals surface area contributed by atoms with Crippen molar-refractivity contribution in [2.75, 3.05) is 5.73 Å². The molecule has 0 aliphatic heterocycles. The first kappa shape index (κ1) is 23.7. The summed E-state index contributed by atoms with van der Waals surface area (Å²) in [4.78, 5) is 24.0. The smallest absolute Gasteiger partial charge is 0.267 e. The van der Waals surface area contributed by atoms with E-state index in [0.717, 1.165) is 0 Å². The van der Waals surface area contributed by atoms with Crippen molar-refractivity contribution in [3.05, 3.63) is 69.9 Å². The minimum atomic E-state index is -0.692. The minimum absolute atomic E-state index is 0.0517. The summed E-state index contributed by atoms with van der Waals surface area (Å²) in [6, 6.07) is 4.46. The summed E-state index contributed by atoms with van der Waals surface area (Å²) in [6.07, 6.45) is 4.29. The number of amides is 1. The molecule has 3 heterocycles. The summed E-state index contributed by atoms with van der Waals surface area (Å²) in [7, 11) is 0. The molecule has 0 bridgehead atoms. The Morgan fingerprint density at radius 1 is 1.21 bits per heavy atom. The maximum Gasteiger partial charge on any atom is 0.267 e. The van der Waals surface area contributed by atoms with Crippen LogP contribution in [0.5, 0.6) is 5.75 Å². The zero-order chi connectivity index (χ0) is 24.7. The average Bonchev–Trinajstić information content (AvgIpc) is 3.13. The second-order valence-corrected chi connectivity index (χ2v) is 8.71. The Balaban J connectivity index is 1.96. The van der Waals surface area contributed by atoms with Crippen LogP contribution in [0.3, 0.4) is 0 Å². The molecular formula is C23H21Cl2FN6O2. The third-order valence-corrected chi connectivity index (χ3v) is 5.82. The fourth-order valence-corrected chi connectivity index (χ4v) is 4.23. The molecule has 0 aliphatic rings. The van der Waals surface area contributed by atoms with E-state index in [-0.39, 0.29) is 39.1 Å². The maximum absolute atomic E-state index is 15.4.